The zero-order chi connectivity index (χ0) is 17.1. The van der Waals surface area contributed by atoms with Crippen LogP contribution in [0.4, 0.5) is 0 Å². The number of nitrogens with two attached hydrogens (primary N) is 1. The predicted octanol–water partition coefficient (Wildman–Crippen LogP) is 4.58. The van der Waals surface area contributed by atoms with Crippen LogP contribution in [0.5, 0.6) is 0 Å². The maximum Gasteiger partial charge on any atom is 0.336 e. The summed E-state index contributed by atoms with van der Waals surface area (Å²) in [5, 5.41) is 9.53. The Hall–Kier alpha value is -1.84. The van der Waals surface area contributed by atoms with E-state index in [1.54, 1.807) is 6.07 Å². The van der Waals surface area contributed by atoms with Crippen molar-refractivity contribution in [1.29, 1.82) is 0 Å². The van der Waals surface area contributed by atoms with Crippen molar-refractivity contribution >= 4 is 11.9 Å². The smallest absolute Gasteiger partial charge is 0.336 e. The van der Waals surface area contributed by atoms with Gasteiger partial charge in [0.15, 0.2) is 0 Å². The van der Waals surface area contributed by atoms with E-state index in [2.05, 4.69) is 0 Å². The second kappa shape index (κ2) is 7.37. The van der Waals surface area contributed by atoms with Crippen molar-refractivity contribution in [3.05, 3.63) is 34.4 Å². The first-order valence-corrected chi connectivity index (χ1v) is 9.29. The number of hydrogen-bond donors (Lipinski definition) is 2. The number of carbonyl (C=O) groups is 2. The van der Waals surface area contributed by atoms with Gasteiger partial charge in [0.2, 0.25) is 5.91 Å². The van der Waals surface area contributed by atoms with Crippen molar-refractivity contribution in [2.75, 3.05) is 0 Å². The molecule has 0 aliphatic heterocycles. The fourth-order valence-electron chi connectivity index (χ4n) is 4.68. The van der Waals surface area contributed by atoms with Crippen LogP contribution in [0, 0.1) is 0 Å². The lowest BCUT2D eigenvalue weighted by Gasteiger charge is -2.31. The summed E-state index contributed by atoms with van der Waals surface area (Å²) in [5.41, 5.74) is 8.16. The molecule has 4 nitrogen and oxygen atoms in total. The van der Waals surface area contributed by atoms with Gasteiger partial charge < -0.3 is 10.8 Å². The molecule has 24 heavy (non-hydrogen) atoms. The Bertz CT molecular complexity index is 626. The highest BCUT2D eigenvalue weighted by molar-refractivity contribution is 6.05. The number of benzene rings is 1. The van der Waals surface area contributed by atoms with Gasteiger partial charge in [0.1, 0.15) is 0 Å². The summed E-state index contributed by atoms with van der Waals surface area (Å²) in [6.45, 7) is 0. The van der Waals surface area contributed by atoms with Crippen molar-refractivity contribution in [3.8, 4) is 0 Å². The van der Waals surface area contributed by atoms with Gasteiger partial charge in [0, 0.05) is 0 Å². The van der Waals surface area contributed by atoms with E-state index >= 15 is 0 Å². The molecule has 4 heteroatoms. The van der Waals surface area contributed by atoms with Crippen molar-refractivity contribution < 1.29 is 14.7 Å². The van der Waals surface area contributed by atoms with Gasteiger partial charge in [-0.15, -0.1) is 0 Å². The van der Waals surface area contributed by atoms with E-state index in [0.717, 1.165) is 44.1 Å². The van der Waals surface area contributed by atoms with E-state index in [4.69, 9.17) is 5.73 Å². The Morgan fingerprint density at radius 1 is 0.875 bits per heavy atom. The first kappa shape index (κ1) is 17.0. The molecule has 0 saturated heterocycles. The Balaban J connectivity index is 2.14. The first-order valence-electron chi connectivity index (χ1n) is 9.29. The van der Waals surface area contributed by atoms with E-state index in [1.807, 2.05) is 6.07 Å². The summed E-state index contributed by atoms with van der Waals surface area (Å²) in [6, 6.07) is 3.56. The molecule has 0 bridgehead atoms. The Labute approximate surface area is 143 Å². The molecule has 0 radical (unpaired) electrons. The molecular formula is C20H27NO3. The number of aromatic carboxylic acids is 1. The minimum absolute atomic E-state index is 0.0719. The Morgan fingerprint density at radius 2 is 1.42 bits per heavy atom. The lowest BCUT2D eigenvalue weighted by molar-refractivity contribution is 0.0691. The molecule has 1 amide bonds. The predicted molar refractivity (Wildman–Crippen MR) is 93.6 cm³/mol. The summed E-state index contributed by atoms with van der Waals surface area (Å²) in [7, 11) is 0. The quantitative estimate of drug-likeness (QED) is 0.848. The molecule has 2 aliphatic carbocycles. The molecule has 2 aliphatic rings. The third kappa shape index (κ3) is 3.33. The molecule has 1 aromatic rings. The minimum Gasteiger partial charge on any atom is -0.478 e. The number of carboxylic acid groups (broad SMARTS) is 1. The maximum atomic E-state index is 12.2. The lowest BCUT2D eigenvalue weighted by Crippen LogP contribution is -2.24. The highest BCUT2D eigenvalue weighted by Gasteiger charge is 2.30. The molecule has 2 saturated carbocycles. The number of carboxylic acids is 1. The van der Waals surface area contributed by atoms with Crippen LogP contribution in [0.1, 0.15) is 108 Å². The third-order valence-corrected chi connectivity index (χ3v) is 5.81. The zero-order valence-corrected chi connectivity index (χ0v) is 14.2. The van der Waals surface area contributed by atoms with Gasteiger partial charge in [-0.2, -0.15) is 0 Å². The van der Waals surface area contributed by atoms with Crippen molar-refractivity contribution in [2.24, 2.45) is 5.73 Å². The van der Waals surface area contributed by atoms with Gasteiger partial charge in [-0.1, -0.05) is 44.6 Å². The van der Waals surface area contributed by atoms with E-state index in [0.29, 0.717) is 5.92 Å². The molecule has 0 aromatic heterocycles. The van der Waals surface area contributed by atoms with Crippen LogP contribution >= 0.6 is 0 Å². The number of carbonyl (C=O) groups excluding carboxylic acids is 1. The van der Waals surface area contributed by atoms with E-state index < -0.39 is 11.9 Å². The second-order valence-corrected chi connectivity index (χ2v) is 7.33. The summed E-state index contributed by atoms with van der Waals surface area (Å²) >= 11 is 0. The molecule has 130 valence electrons. The number of primary amides is 1. The van der Waals surface area contributed by atoms with Crippen LogP contribution in [-0.2, 0) is 0 Å². The van der Waals surface area contributed by atoms with Gasteiger partial charge in [-0.05, 0) is 54.7 Å². The normalized spacial score (nSPS) is 20.0. The zero-order valence-electron chi connectivity index (χ0n) is 14.2. The number of rotatable bonds is 4. The summed E-state index contributed by atoms with van der Waals surface area (Å²) in [4.78, 5) is 23.8. The Kier molecular flexibility index (Phi) is 5.22. The SMILES string of the molecule is NC(=O)c1c(C(=O)O)ccc(C2CCCCC2)c1C1CCCCC1. The third-order valence-electron chi connectivity index (χ3n) is 5.81. The van der Waals surface area contributed by atoms with E-state index in [9.17, 15) is 14.7 Å². The average Bonchev–Trinajstić information content (AvgIpc) is 2.61. The fraction of sp³-hybridized carbons (Fsp3) is 0.600. The van der Waals surface area contributed by atoms with Crippen LogP contribution < -0.4 is 5.73 Å². The standard InChI is InChI=1S/C20H27NO3/c21-19(22)18-16(20(23)24)12-11-15(13-7-3-1-4-8-13)17(18)14-9-5-2-6-10-14/h11-14H,1-10H2,(H2,21,22)(H,23,24). The van der Waals surface area contributed by atoms with Crippen molar-refractivity contribution in [3.63, 3.8) is 0 Å². The largest absolute Gasteiger partial charge is 0.478 e. The number of amides is 1. The van der Waals surface area contributed by atoms with Crippen LogP contribution in [-0.4, -0.2) is 17.0 Å². The molecule has 2 fully saturated rings. The van der Waals surface area contributed by atoms with Gasteiger partial charge in [0.25, 0.3) is 0 Å². The molecule has 0 heterocycles. The molecule has 0 unspecified atom stereocenters. The van der Waals surface area contributed by atoms with Crippen LogP contribution in [0.15, 0.2) is 12.1 Å². The monoisotopic (exact) mass is 329 g/mol. The fourth-order valence-corrected chi connectivity index (χ4v) is 4.68. The first-order chi connectivity index (χ1) is 11.6. The van der Waals surface area contributed by atoms with Gasteiger partial charge in [0.05, 0.1) is 11.1 Å². The molecule has 3 N–H and O–H groups in total. The number of hydrogen-bond acceptors (Lipinski definition) is 2. The lowest BCUT2D eigenvalue weighted by atomic mass is 9.73. The molecule has 3 rings (SSSR count). The van der Waals surface area contributed by atoms with E-state index in [1.165, 1.54) is 31.2 Å². The van der Waals surface area contributed by atoms with Crippen molar-refractivity contribution in [2.45, 2.75) is 76.0 Å². The van der Waals surface area contributed by atoms with Crippen molar-refractivity contribution in [1.82, 2.24) is 0 Å². The highest BCUT2D eigenvalue weighted by atomic mass is 16.4. The van der Waals surface area contributed by atoms with Gasteiger partial charge in [-0.25, -0.2) is 4.79 Å². The van der Waals surface area contributed by atoms with Gasteiger partial charge >= 0.3 is 5.97 Å². The minimum atomic E-state index is -1.06. The highest BCUT2D eigenvalue weighted by Crippen LogP contribution is 2.43. The van der Waals surface area contributed by atoms with E-state index in [-0.39, 0.29) is 17.0 Å². The van der Waals surface area contributed by atoms with Crippen LogP contribution in [0.25, 0.3) is 0 Å². The average molecular weight is 329 g/mol. The summed E-state index contributed by atoms with van der Waals surface area (Å²) in [5.74, 6) is -0.934. The maximum absolute atomic E-state index is 12.2. The van der Waals surface area contributed by atoms with Gasteiger partial charge in [-0.3, -0.25) is 4.79 Å². The molecular weight excluding hydrogens is 302 g/mol. The topological polar surface area (TPSA) is 80.4 Å². The second-order valence-electron chi connectivity index (χ2n) is 7.33. The summed E-state index contributed by atoms with van der Waals surface area (Å²) in [6.07, 6.45) is 11.5. The van der Waals surface area contributed by atoms with Crippen LogP contribution in [0.2, 0.25) is 0 Å². The Morgan fingerprint density at radius 3 is 1.92 bits per heavy atom. The van der Waals surface area contributed by atoms with Crippen LogP contribution in [0.3, 0.4) is 0 Å². The molecule has 0 atom stereocenters. The summed E-state index contributed by atoms with van der Waals surface area (Å²) < 4.78 is 0. The molecule has 1 aromatic carbocycles. The molecule has 0 spiro atoms.